The number of ether oxygens (including phenoxy) is 3. The summed E-state index contributed by atoms with van der Waals surface area (Å²) in [6.07, 6.45) is 0. The summed E-state index contributed by atoms with van der Waals surface area (Å²) in [5, 5.41) is 4.02. The lowest BCUT2D eigenvalue weighted by atomic mass is 10.1. The summed E-state index contributed by atoms with van der Waals surface area (Å²) in [4.78, 5) is 12.2. The second-order valence-corrected chi connectivity index (χ2v) is 5.11. The minimum Gasteiger partial charge on any atom is -0.493 e. The van der Waals surface area contributed by atoms with Gasteiger partial charge in [0.15, 0.2) is 11.5 Å². The van der Waals surface area contributed by atoms with Crippen LogP contribution in [0.3, 0.4) is 0 Å². The molecule has 2 aromatic carbocycles. The molecule has 0 unspecified atom stereocenters. The molecule has 0 saturated heterocycles. The van der Waals surface area contributed by atoms with Gasteiger partial charge in [0.25, 0.3) is 5.91 Å². The van der Waals surface area contributed by atoms with Crippen LogP contribution in [0.5, 0.6) is 17.2 Å². The molecule has 26 heavy (non-hydrogen) atoms. The van der Waals surface area contributed by atoms with Crippen LogP contribution in [0.2, 0.25) is 0 Å². The van der Waals surface area contributed by atoms with E-state index < -0.39 is 12.5 Å². The van der Waals surface area contributed by atoms with E-state index in [4.69, 9.17) is 9.47 Å². The molecule has 1 amide bonds. The summed E-state index contributed by atoms with van der Waals surface area (Å²) in [5.41, 5.74) is 3.94. The SMILES string of the molecule is COc1ccc(C(=O)N/N=C(/C)c2ccc(OC(F)F)cc2)cc1OC. The van der Waals surface area contributed by atoms with Gasteiger partial charge in [-0.15, -0.1) is 0 Å². The first-order valence-corrected chi connectivity index (χ1v) is 7.56. The Balaban J connectivity index is 2.07. The number of hydrogen-bond donors (Lipinski definition) is 1. The van der Waals surface area contributed by atoms with Crippen molar-refractivity contribution in [2.75, 3.05) is 14.2 Å². The van der Waals surface area contributed by atoms with Crippen LogP contribution in [-0.2, 0) is 0 Å². The monoisotopic (exact) mass is 364 g/mol. The van der Waals surface area contributed by atoms with Crippen molar-refractivity contribution in [3.63, 3.8) is 0 Å². The largest absolute Gasteiger partial charge is 0.493 e. The predicted octanol–water partition coefficient (Wildman–Crippen LogP) is 3.46. The smallest absolute Gasteiger partial charge is 0.387 e. The minimum atomic E-state index is -2.88. The Morgan fingerprint density at radius 3 is 2.19 bits per heavy atom. The van der Waals surface area contributed by atoms with Gasteiger partial charge in [-0.3, -0.25) is 4.79 Å². The number of nitrogens with zero attached hydrogens (tertiary/aromatic N) is 1. The fraction of sp³-hybridized carbons (Fsp3) is 0.222. The second-order valence-electron chi connectivity index (χ2n) is 5.11. The van der Waals surface area contributed by atoms with Crippen molar-refractivity contribution >= 4 is 11.6 Å². The van der Waals surface area contributed by atoms with Gasteiger partial charge >= 0.3 is 6.61 Å². The molecule has 0 aliphatic carbocycles. The van der Waals surface area contributed by atoms with Crippen LogP contribution in [0.25, 0.3) is 0 Å². The van der Waals surface area contributed by atoms with Gasteiger partial charge in [-0.25, -0.2) is 5.43 Å². The molecule has 138 valence electrons. The van der Waals surface area contributed by atoms with Crippen molar-refractivity contribution in [3.05, 3.63) is 53.6 Å². The zero-order chi connectivity index (χ0) is 19.1. The number of rotatable bonds is 7. The van der Waals surface area contributed by atoms with E-state index >= 15 is 0 Å². The molecular weight excluding hydrogens is 346 g/mol. The Bertz CT molecular complexity index is 792. The maximum absolute atomic E-state index is 12.2. The van der Waals surface area contributed by atoms with Crippen molar-refractivity contribution in [1.82, 2.24) is 5.43 Å². The standard InChI is InChI=1S/C18H18F2N2O4/c1-11(12-4-7-14(8-5-12)26-18(19)20)21-22-17(23)13-6-9-15(24-2)16(10-13)25-3/h4-10,18H,1-3H3,(H,22,23)/b21-11-. The lowest BCUT2D eigenvalue weighted by molar-refractivity contribution is -0.0498. The van der Waals surface area contributed by atoms with Gasteiger partial charge < -0.3 is 14.2 Å². The number of carbonyl (C=O) groups excluding carboxylic acids is 1. The third kappa shape index (κ3) is 4.92. The van der Waals surface area contributed by atoms with E-state index in [0.29, 0.717) is 28.3 Å². The molecule has 0 radical (unpaired) electrons. The van der Waals surface area contributed by atoms with E-state index in [9.17, 15) is 13.6 Å². The van der Waals surface area contributed by atoms with Crippen LogP contribution < -0.4 is 19.6 Å². The fourth-order valence-electron chi connectivity index (χ4n) is 2.12. The van der Waals surface area contributed by atoms with Gasteiger partial charge in [-0.1, -0.05) is 0 Å². The third-order valence-corrected chi connectivity index (χ3v) is 3.47. The molecular formula is C18H18F2N2O4. The van der Waals surface area contributed by atoms with E-state index in [1.165, 1.54) is 32.4 Å². The van der Waals surface area contributed by atoms with Gasteiger partial charge in [0, 0.05) is 5.56 Å². The molecule has 0 atom stereocenters. The number of halogens is 2. The molecule has 6 nitrogen and oxygen atoms in total. The molecule has 0 spiro atoms. The molecule has 0 aliphatic heterocycles. The van der Waals surface area contributed by atoms with Gasteiger partial charge in [0.05, 0.1) is 19.9 Å². The summed E-state index contributed by atoms with van der Waals surface area (Å²) in [7, 11) is 2.98. The Morgan fingerprint density at radius 2 is 1.62 bits per heavy atom. The van der Waals surface area contributed by atoms with E-state index in [1.54, 1.807) is 31.2 Å². The van der Waals surface area contributed by atoms with Crippen molar-refractivity contribution in [1.29, 1.82) is 0 Å². The normalized spacial score (nSPS) is 11.2. The molecule has 2 rings (SSSR count). The Labute approximate surface area is 149 Å². The summed E-state index contributed by atoms with van der Waals surface area (Å²) in [5.74, 6) is 0.555. The molecule has 0 bridgehead atoms. The molecule has 0 aromatic heterocycles. The highest BCUT2D eigenvalue weighted by molar-refractivity contribution is 6.01. The topological polar surface area (TPSA) is 69.2 Å². The fourth-order valence-corrected chi connectivity index (χ4v) is 2.12. The van der Waals surface area contributed by atoms with Crippen LogP contribution in [0.15, 0.2) is 47.6 Å². The molecule has 0 fully saturated rings. The van der Waals surface area contributed by atoms with Crippen molar-refractivity contribution in [3.8, 4) is 17.2 Å². The summed E-state index contributed by atoms with van der Waals surface area (Å²) >= 11 is 0. The van der Waals surface area contributed by atoms with Gasteiger partial charge in [0.2, 0.25) is 0 Å². The van der Waals surface area contributed by atoms with Crippen LogP contribution >= 0.6 is 0 Å². The van der Waals surface area contributed by atoms with E-state index in [2.05, 4.69) is 15.3 Å². The summed E-state index contributed by atoms with van der Waals surface area (Å²) in [6, 6.07) is 10.7. The van der Waals surface area contributed by atoms with Crippen molar-refractivity contribution < 1.29 is 27.8 Å². The average Bonchev–Trinajstić information content (AvgIpc) is 2.65. The number of hydrogen-bond acceptors (Lipinski definition) is 5. The first-order chi connectivity index (χ1) is 12.4. The first-order valence-electron chi connectivity index (χ1n) is 7.56. The molecule has 0 saturated carbocycles. The number of carbonyl (C=O) groups is 1. The highest BCUT2D eigenvalue weighted by Crippen LogP contribution is 2.27. The number of hydrazone groups is 1. The molecule has 2 aromatic rings. The zero-order valence-corrected chi connectivity index (χ0v) is 14.5. The van der Waals surface area contributed by atoms with Crippen LogP contribution in [0, 0.1) is 0 Å². The van der Waals surface area contributed by atoms with Crippen molar-refractivity contribution in [2.45, 2.75) is 13.5 Å². The van der Waals surface area contributed by atoms with Gasteiger partial charge in [-0.2, -0.15) is 13.9 Å². The van der Waals surface area contributed by atoms with E-state index in [-0.39, 0.29) is 5.75 Å². The molecule has 0 heterocycles. The molecule has 1 N–H and O–H groups in total. The highest BCUT2D eigenvalue weighted by Gasteiger charge is 2.10. The molecule has 0 aliphatic rings. The number of benzene rings is 2. The maximum atomic E-state index is 12.2. The second kappa shape index (κ2) is 8.80. The third-order valence-electron chi connectivity index (χ3n) is 3.47. The van der Waals surface area contributed by atoms with E-state index in [0.717, 1.165) is 0 Å². The number of methoxy groups -OCH3 is 2. The lowest BCUT2D eigenvalue weighted by Gasteiger charge is -2.09. The zero-order valence-electron chi connectivity index (χ0n) is 14.5. The first kappa shape index (κ1) is 19.2. The van der Waals surface area contributed by atoms with Gasteiger partial charge in [-0.05, 0) is 55.0 Å². The number of alkyl halides is 2. The quantitative estimate of drug-likeness (QED) is 0.603. The predicted molar refractivity (Wildman–Crippen MR) is 92.3 cm³/mol. The van der Waals surface area contributed by atoms with Crippen LogP contribution in [-0.4, -0.2) is 32.4 Å². The summed E-state index contributed by atoms with van der Waals surface area (Å²) in [6.45, 7) is -1.20. The van der Waals surface area contributed by atoms with Crippen molar-refractivity contribution in [2.24, 2.45) is 5.10 Å². The van der Waals surface area contributed by atoms with Crippen LogP contribution in [0.1, 0.15) is 22.8 Å². The maximum Gasteiger partial charge on any atom is 0.387 e. The van der Waals surface area contributed by atoms with Gasteiger partial charge in [0.1, 0.15) is 5.75 Å². The lowest BCUT2D eigenvalue weighted by Crippen LogP contribution is -2.19. The molecule has 8 heteroatoms. The Morgan fingerprint density at radius 1 is 1.00 bits per heavy atom. The Hall–Kier alpha value is -3.16. The van der Waals surface area contributed by atoms with Crippen LogP contribution in [0.4, 0.5) is 8.78 Å². The summed E-state index contributed by atoms with van der Waals surface area (Å²) < 4.78 is 38.8. The highest BCUT2D eigenvalue weighted by atomic mass is 19.3. The average molecular weight is 364 g/mol. The minimum absolute atomic E-state index is 0.0471. The number of amides is 1. The number of nitrogens with one attached hydrogen (secondary N) is 1. The Kier molecular flexibility index (Phi) is 6.48. The van der Waals surface area contributed by atoms with E-state index in [1.807, 2.05) is 0 Å².